The number of nitrogens with zero attached hydrogens (tertiary/aromatic N) is 1. The summed E-state index contributed by atoms with van der Waals surface area (Å²) in [5.74, 6) is 0.668. The van der Waals surface area contributed by atoms with Crippen molar-refractivity contribution in [3.63, 3.8) is 0 Å². The number of carbonyl (C=O) groups excluding carboxylic acids is 2. The van der Waals surface area contributed by atoms with Crippen LogP contribution in [0.1, 0.15) is 16.8 Å². The molecular formula is C13H14BrNO3S. The van der Waals surface area contributed by atoms with E-state index in [2.05, 4.69) is 33.3 Å². The van der Waals surface area contributed by atoms with Crippen LogP contribution in [0.15, 0.2) is 22.7 Å². The molecule has 0 bridgehead atoms. The van der Waals surface area contributed by atoms with Crippen molar-refractivity contribution in [1.82, 2.24) is 0 Å². The molecular weight excluding hydrogens is 330 g/mol. The lowest BCUT2D eigenvalue weighted by Crippen LogP contribution is -2.25. The summed E-state index contributed by atoms with van der Waals surface area (Å²) in [7, 11) is 1.34. The molecule has 0 saturated carbocycles. The fourth-order valence-electron chi connectivity index (χ4n) is 2.11. The first kappa shape index (κ1) is 14.4. The molecule has 0 N–H and O–H groups in total. The highest BCUT2D eigenvalue weighted by atomic mass is 79.9. The van der Waals surface area contributed by atoms with Gasteiger partial charge in [-0.1, -0.05) is 0 Å². The Morgan fingerprint density at radius 1 is 1.58 bits per heavy atom. The third kappa shape index (κ3) is 2.95. The number of benzene rings is 1. The molecule has 1 atom stereocenters. The molecule has 1 unspecified atom stereocenters. The third-order valence-electron chi connectivity index (χ3n) is 3.12. The summed E-state index contributed by atoms with van der Waals surface area (Å²) < 4.78 is 5.37. The Kier molecular flexibility index (Phi) is 4.52. The van der Waals surface area contributed by atoms with Crippen LogP contribution in [-0.2, 0) is 9.53 Å². The van der Waals surface area contributed by atoms with Gasteiger partial charge < -0.3 is 9.64 Å². The Morgan fingerprint density at radius 3 is 2.84 bits per heavy atom. The van der Waals surface area contributed by atoms with Crippen molar-refractivity contribution in [2.75, 3.05) is 24.3 Å². The number of carbonyl (C=O) groups is 2. The lowest BCUT2D eigenvalue weighted by Gasteiger charge is -2.18. The lowest BCUT2D eigenvalue weighted by atomic mass is 10.1. The smallest absolute Gasteiger partial charge is 0.337 e. The minimum absolute atomic E-state index is 0.0885. The van der Waals surface area contributed by atoms with Crippen molar-refractivity contribution >= 4 is 46.1 Å². The van der Waals surface area contributed by atoms with E-state index in [9.17, 15) is 9.59 Å². The van der Waals surface area contributed by atoms with Crippen LogP contribution in [0.4, 0.5) is 5.69 Å². The Bertz CT molecular complexity index is 521. The molecule has 1 amide bonds. The Hall–Kier alpha value is -1.01. The topological polar surface area (TPSA) is 46.6 Å². The average Bonchev–Trinajstić information content (AvgIpc) is 2.79. The SMILES string of the molecule is COC(=O)c1ccc(N2CC(CS)CC2=O)c(Br)c1. The molecule has 0 radical (unpaired) electrons. The molecule has 1 fully saturated rings. The maximum absolute atomic E-state index is 12.0. The zero-order valence-corrected chi connectivity index (χ0v) is 12.9. The average molecular weight is 344 g/mol. The molecule has 4 nitrogen and oxygen atoms in total. The Labute approximate surface area is 125 Å². The fraction of sp³-hybridized carbons (Fsp3) is 0.385. The van der Waals surface area contributed by atoms with Crippen molar-refractivity contribution in [2.45, 2.75) is 6.42 Å². The van der Waals surface area contributed by atoms with Crippen LogP contribution in [0.5, 0.6) is 0 Å². The summed E-state index contributed by atoms with van der Waals surface area (Å²) in [6.07, 6.45) is 0.523. The summed E-state index contributed by atoms with van der Waals surface area (Å²) in [6, 6.07) is 5.09. The van der Waals surface area contributed by atoms with Crippen LogP contribution in [0.25, 0.3) is 0 Å². The zero-order chi connectivity index (χ0) is 14.0. The van der Waals surface area contributed by atoms with E-state index in [0.29, 0.717) is 28.8 Å². The van der Waals surface area contributed by atoms with Gasteiger partial charge >= 0.3 is 5.97 Å². The molecule has 102 valence electrons. The van der Waals surface area contributed by atoms with Crippen LogP contribution in [0, 0.1) is 5.92 Å². The number of thiol groups is 1. The van der Waals surface area contributed by atoms with Crippen molar-refractivity contribution in [3.05, 3.63) is 28.2 Å². The maximum Gasteiger partial charge on any atom is 0.337 e. The van der Waals surface area contributed by atoms with Crippen molar-refractivity contribution in [1.29, 1.82) is 0 Å². The van der Waals surface area contributed by atoms with Gasteiger partial charge in [-0.3, -0.25) is 4.79 Å². The molecule has 6 heteroatoms. The fourth-order valence-corrected chi connectivity index (χ4v) is 2.94. The van der Waals surface area contributed by atoms with Crippen molar-refractivity contribution in [2.24, 2.45) is 5.92 Å². The number of amides is 1. The van der Waals surface area contributed by atoms with E-state index in [1.165, 1.54) is 7.11 Å². The molecule has 2 rings (SSSR count). The normalized spacial score (nSPS) is 18.8. The van der Waals surface area contributed by atoms with E-state index < -0.39 is 5.97 Å². The van der Waals surface area contributed by atoms with E-state index >= 15 is 0 Å². The second-order valence-electron chi connectivity index (χ2n) is 4.41. The van der Waals surface area contributed by atoms with Crippen LogP contribution < -0.4 is 4.90 Å². The number of hydrogen-bond donors (Lipinski definition) is 1. The van der Waals surface area contributed by atoms with Gasteiger partial charge in [-0.05, 0) is 45.8 Å². The summed E-state index contributed by atoms with van der Waals surface area (Å²) in [4.78, 5) is 25.1. The minimum Gasteiger partial charge on any atom is -0.465 e. The van der Waals surface area contributed by atoms with E-state index in [1.807, 2.05) is 0 Å². The Morgan fingerprint density at radius 2 is 2.32 bits per heavy atom. The first-order chi connectivity index (χ1) is 9.06. The number of methoxy groups -OCH3 is 1. The number of hydrogen-bond acceptors (Lipinski definition) is 4. The van der Waals surface area contributed by atoms with Crippen molar-refractivity contribution < 1.29 is 14.3 Å². The molecule has 0 aliphatic carbocycles. The number of anilines is 1. The van der Waals surface area contributed by atoms with Crippen LogP contribution in [-0.4, -0.2) is 31.3 Å². The first-order valence-corrected chi connectivity index (χ1v) is 7.28. The van der Waals surface area contributed by atoms with Crippen LogP contribution in [0.2, 0.25) is 0 Å². The maximum atomic E-state index is 12.0. The second-order valence-corrected chi connectivity index (χ2v) is 5.63. The highest BCUT2D eigenvalue weighted by molar-refractivity contribution is 9.10. The third-order valence-corrected chi connectivity index (χ3v) is 4.27. The van der Waals surface area contributed by atoms with Gasteiger partial charge in [-0.15, -0.1) is 0 Å². The quantitative estimate of drug-likeness (QED) is 0.677. The van der Waals surface area contributed by atoms with Gasteiger partial charge in [0.05, 0.1) is 18.4 Å². The summed E-state index contributed by atoms with van der Waals surface area (Å²) >= 11 is 7.64. The molecule has 1 aromatic rings. The van der Waals surface area contributed by atoms with Gasteiger partial charge in [0.15, 0.2) is 0 Å². The molecule has 1 saturated heterocycles. The van der Waals surface area contributed by atoms with Gasteiger partial charge in [-0.2, -0.15) is 12.6 Å². The number of halogens is 1. The van der Waals surface area contributed by atoms with E-state index in [4.69, 9.17) is 0 Å². The highest BCUT2D eigenvalue weighted by Gasteiger charge is 2.30. The molecule has 1 aliphatic heterocycles. The second kappa shape index (κ2) is 5.96. The van der Waals surface area contributed by atoms with Crippen molar-refractivity contribution in [3.8, 4) is 0 Å². The van der Waals surface area contributed by atoms with Gasteiger partial charge in [0.1, 0.15) is 0 Å². The minimum atomic E-state index is -0.395. The molecule has 0 spiro atoms. The molecule has 1 aliphatic rings. The van der Waals surface area contributed by atoms with Gasteiger partial charge in [-0.25, -0.2) is 4.79 Å². The molecule has 0 aromatic heterocycles. The van der Waals surface area contributed by atoms with E-state index in [0.717, 1.165) is 5.69 Å². The van der Waals surface area contributed by atoms with Crippen LogP contribution >= 0.6 is 28.6 Å². The van der Waals surface area contributed by atoms with E-state index in [1.54, 1.807) is 23.1 Å². The predicted molar refractivity (Wildman–Crippen MR) is 79.8 cm³/mol. The monoisotopic (exact) mass is 343 g/mol. The van der Waals surface area contributed by atoms with Gasteiger partial charge in [0.25, 0.3) is 0 Å². The lowest BCUT2D eigenvalue weighted by molar-refractivity contribution is -0.117. The number of ether oxygens (including phenoxy) is 1. The predicted octanol–water partition coefficient (Wildman–Crippen LogP) is 2.52. The number of rotatable bonds is 3. The van der Waals surface area contributed by atoms with E-state index in [-0.39, 0.29) is 11.8 Å². The first-order valence-electron chi connectivity index (χ1n) is 5.86. The number of esters is 1. The zero-order valence-electron chi connectivity index (χ0n) is 10.4. The molecule has 1 heterocycles. The standard InChI is InChI=1S/C13H14BrNO3S/c1-18-13(17)9-2-3-11(10(14)5-9)15-6-8(7-19)4-12(15)16/h2-3,5,8,19H,4,6-7H2,1H3. The summed E-state index contributed by atoms with van der Waals surface area (Å²) in [6.45, 7) is 0.665. The molecule has 1 aromatic carbocycles. The molecule has 19 heavy (non-hydrogen) atoms. The summed E-state index contributed by atoms with van der Waals surface area (Å²) in [5, 5.41) is 0. The van der Waals surface area contributed by atoms with Gasteiger partial charge in [0, 0.05) is 17.4 Å². The largest absolute Gasteiger partial charge is 0.465 e. The van der Waals surface area contributed by atoms with Crippen LogP contribution in [0.3, 0.4) is 0 Å². The van der Waals surface area contributed by atoms with Gasteiger partial charge in [0.2, 0.25) is 5.91 Å². The summed E-state index contributed by atoms with van der Waals surface area (Å²) in [5.41, 5.74) is 1.23. The Balaban J connectivity index is 2.27. The highest BCUT2D eigenvalue weighted by Crippen LogP contribution is 2.32.